The molecule has 1 aliphatic carbocycles. The zero-order chi connectivity index (χ0) is 25.2. The number of carbonyl (C=O) groups is 2. The lowest BCUT2D eigenvalue weighted by molar-refractivity contribution is -0.118. The first-order valence-corrected chi connectivity index (χ1v) is 13.5. The lowest BCUT2D eigenvalue weighted by atomic mass is 9.72. The fourth-order valence-corrected chi connectivity index (χ4v) is 6.17. The molecule has 0 aliphatic heterocycles. The Morgan fingerprint density at radius 3 is 2.63 bits per heavy atom. The van der Waals surface area contributed by atoms with Crippen molar-refractivity contribution in [3.05, 3.63) is 74.0 Å². The molecule has 0 fully saturated rings. The Hall–Kier alpha value is -2.35. The van der Waals surface area contributed by atoms with Crippen molar-refractivity contribution in [2.45, 2.75) is 40.0 Å². The average Bonchev–Trinajstić information content (AvgIpc) is 3.15. The Morgan fingerprint density at radius 2 is 1.91 bits per heavy atom. The number of carbonyl (C=O) groups excluding carboxylic acids is 2. The highest BCUT2D eigenvalue weighted by molar-refractivity contribution is 9.10. The van der Waals surface area contributed by atoms with E-state index in [1.165, 1.54) is 16.2 Å². The van der Waals surface area contributed by atoms with Gasteiger partial charge in [-0.3, -0.25) is 9.59 Å². The average molecular weight is 576 g/mol. The molecule has 4 rings (SSSR count). The normalized spacial score (nSPS) is 15.3. The summed E-state index contributed by atoms with van der Waals surface area (Å²) in [6, 6.07) is 14.4. The number of nitrogens with one attached hydrogen (secondary N) is 2. The summed E-state index contributed by atoms with van der Waals surface area (Å²) >= 11 is 11.0. The van der Waals surface area contributed by atoms with Gasteiger partial charge in [-0.1, -0.05) is 50.6 Å². The number of rotatable bonds is 6. The number of para-hydroxylation sites is 1. The summed E-state index contributed by atoms with van der Waals surface area (Å²) in [6.07, 6.45) is 2.71. The van der Waals surface area contributed by atoms with E-state index in [1.54, 1.807) is 24.3 Å². The minimum Gasteiger partial charge on any atom is -0.484 e. The van der Waals surface area contributed by atoms with Gasteiger partial charge in [-0.15, -0.1) is 11.3 Å². The zero-order valence-corrected chi connectivity index (χ0v) is 23.1. The van der Waals surface area contributed by atoms with Crippen molar-refractivity contribution < 1.29 is 14.3 Å². The number of hydrogen-bond donors (Lipinski definition) is 2. The predicted octanol–water partition coefficient (Wildman–Crippen LogP) is 7.58. The molecule has 3 aromatic rings. The maximum absolute atomic E-state index is 13.5. The van der Waals surface area contributed by atoms with Gasteiger partial charge in [-0.25, -0.2) is 0 Å². The maximum Gasteiger partial charge on any atom is 0.262 e. The molecule has 2 aromatic carbocycles. The molecule has 0 saturated carbocycles. The molecule has 8 heteroatoms. The molecule has 1 atom stereocenters. The van der Waals surface area contributed by atoms with Gasteiger partial charge in [0.25, 0.3) is 11.8 Å². The molecule has 1 aromatic heterocycles. The van der Waals surface area contributed by atoms with Crippen molar-refractivity contribution in [2.24, 2.45) is 11.3 Å². The van der Waals surface area contributed by atoms with Gasteiger partial charge in [0.2, 0.25) is 0 Å². The van der Waals surface area contributed by atoms with Gasteiger partial charge in [0.1, 0.15) is 10.8 Å². The highest BCUT2D eigenvalue weighted by atomic mass is 79.9. The largest absolute Gasteiger partial charge is 0.484 e. The highest BCUT2D eigenvalue weighted by Crippen LogP contribution is 2.44. The van der Waals surface area contributed by atoms with Crippen LogP contribution in [0.4, 0.5) is 10.7 Å². The lowest BCUT2D eigenvalue weighted by Crippen LogP contribution is -2.27. The molecular weight excluding hydrogens is 548 g/mol. The lowest BCUT2D eigenvalue weighted by Gasteiger charge is -2.33. The molecule has 5 nitrogen and oxygen atoms in total. The third kappa shape index (κ3) is 6.26. The molecule has 1 heterocycles. The second kappa shape index (κ2) is 10.7. The number of amides is 2. The van der Waals surface area contributed by atoms with E-state index in [1.807, 2.05) is 24.3 Å². The number of benzene rings is 2. The van der Waals surface area contributed by atoms with Gasteiger partial charge in [-0.05, 0) is 82.4 Å². The molecule has 0 spiro atoms. The summed E-state index contributed by atoms with van der Waals surface area (Å²) in [7, 11) is 0. The summed E-state index contributed by atoms with van der Waals surface area (Å²) in [4.78, 5) is 27.4. The van der Waals surface area contributed by atoms with Crippen LogP contribution in [0.2, 0.25) is 5.02 Å². The first kappa shape index (κ1) is 25.7. The Bertz CT molecular complexity index is 1250. The Labute approximate surface area is 223 Å². The van der Waals surface area contributed by atoms with Crippen molar-refractivity contribution in [3.8, 4) is 5.75 Å². The van der Waals surface area contributed by atoms with Gasteiger partial charge < -0.3 is 15.4 Å². The standard InChI is InChI=1S/C27H28BrClN2O3S/c1-27(2,3)16-11-12-19-22(13-16)35-26(24(19)25(33)30-21-10-5-4-9-20(21)28)31-23(32)15-34-18-8-6-7-17(29)14-18/h4-10,14,16H,11-13,15H2,1-3H3,(H,30,33)(H,31,32). The van der Waals surface area contributed by atoms with E-state index in [0.717, 1.165) is 29.3 Å². The first-order chi connectivity index (χ1) is 16.6. The number of ether oxygens (including phenoxy) is 1. The number of hydrogen-bond acceptors (Lipinski definition) is 4. The van der Waals surface area contributed by atoms with Crippen LogP contribution in [-0.2, 0) is 17.6 Å². The van der Waals surface area contributed by atoms with E-state index >= 15 is 0 Å². The molecule has 0 bridgehead atoms. The van der Waals surface area contributed by atoms with Gasteiger partial charge in [-0.2, -0.15) is 0 Å². The minimum atomic E-state index is -0.328. The van der Waals surface area contributed by atoms with Crippen LogP contribution < -0.4 is 15.4 Å². The third-order valence-corrected chi connectivity index (χ3v) is 8.35. The van der Waals surface area contributed by atoms with Crippen LogP contribution in [0.25, 0.3) is 0 Å². The predicted molar refractivity (Wildman–Crippen MR) is 147 cm³/mol. The zero-order valence-electron chi connectivity index (χ0n) is 19.9. The number of thiophene rings is 1. The molecular formula is C27H28BrClN2O3S. The van der Waals surface area contributed by atoms with E-state index in [9.17, 15) is 9.59 Å². The van der Waals surface area contributed by atoms with E-state index in [2.05, 4.69) is 47.3 Å². The van der Waals surface area contributed by atoms with E-state index in [-0.39, 0.29) is 23.8 Å². The summed E-state index contributed by atoms with van der Waals surface area (Å²) in [6.45, 7) is 6.59. The van der Waals surface area contributed by atoms with E-state index in [4.69, 9.17) is 16.3 Å². The molecule has 184 valence electrons. The van der Waals surface area contributed by atoms with Crippen LogP contribution >= 0.6 is 38.9 Å². The van der Waals surface area contributed by atoms with Gasteiger partial charge in [0.15, 0.2) is 6.61 Å². The Balaban J connectivity index is 1.58. The van der Waals surface area contributed by atoms with Crippen molar-refractivity contribution in [2.75, 3.05) is 17.2 Å². The maximum atomic E-state index is 13.5. The van der Waals surface area contributed by atoms with Crippen LogP contribution in [0.15, 0.2) is 53.0 Å². The van der Waals surface area contributed by atoms with Crippen LogP contribution in [0, 0.1) is 11.3 Å². The quantitative estimate of drug-likeness (QED) is 0.318. The Kier molecular flexibility index (Phi) is 7.89. The monoisotopic (exact) mass is 574 g/mol. The van der Waals surface area contributed by atoms with Gasteiger partial charge in [0.05, 0.1) is 11.3 Å². The molecule has 0 radical (unpaired) electrons. The second-order valence-corrected chi connectivity index (χ2v) is 12.1. The summed E-state index contributed by atoms with van der Waals surface area (Å²) in [5.41, 5.74) is 2.44. The van der Waals surface area contributed by atoms with Crippen molar-refractivity contribution in [1.29, 1.82) is 0 Å². The molecule has 2 amide bonds. The molecule has 35 heavy (non-hydrogen) atoms. The van der Waals surface area contributed by atoms with Crippen LogP contribution in [-0.4, -0.2) is 18.4 Å². The second-order valence-electron chi connectivity index (χ2n) is 9.74. The number of halogens is 2. The SMILES string of the molecule is CC(C)(C)C1CCc2c(sc(NC(=O)COc3cccc(Cl)c3)c2C(=O)Nc2ccccc2Br)C1. The molecule has 1 unspecified atom stereocenters. The topological polar surface area (TPSA) is 67.4 Å². The summed E-state index contributed by atoms with van der Waals surface area (Å²) in [5.74, 6) is 0.473. The van der Waals surface area contributed by atoms with Gasteiger partial charge in [0, 0.05) is 14.4 Å². The van der Waals surface area contributed by atoms with Crippen molar-refractivity contribution >= 4 is 61.4 Å². The van der Waals surface area contributed by atoms with Crippen LogP contribution in [0.5, 0.6) is 5.75 Å². The van der Waals surface area contributed by atoms with Gasteiger partial charge >= 0.3 is 0 Å². The first-order valence-electron chi connectivity index (χ1n) is 11.5. The van der Waals surface area contributed by atoms with Crippen LogP contribution in [0.1, 0.15) is 48.0 Å². The molecule has 1 aliphatic rings. The van der Waals surface area contributed by atoms with Crippen molar-refractivity contribution in [3.63, 3.8) is 0 Å². The van der Waals surface area contributed by atoms with Crippen molar-refractivity contribution in [1.82, 2.24) is 0 Å². The molecule has 0 saturated heterocycles. The van der Waals surface area contributed by atoms with E-state index < -0.39 is 0 Å². The number of anilines is 2. The minimum absolute atomic E-state index is 0.174. The Morgan fingerprint density at radius 1 is 1.14 bits per heavy atom. The fraction of sp³-hybridized carbons (Fsp3) is 0.333. The smallest absolute Gasteiger partial charge is 0.262 e. The number of fused-ring (bicyclic) bond motifs is 1. The third-order valence-electron chi connectivity index (χ3n) is 6.26. The summed E-state index contributed by atoms with van der Waals surface area (Å²) in [5, 5.41) is 7.04. The summed E-state index contributed by atoms with van der Waals surface area (Å²) < 4.78 is 6.39. The van der Waals surface area contributed by atoms with E-state index in [0.29, 0.717) is 32.9 Å². The highest BCUT2D eigenvalue weighted by Gasteiger charge is 2.34. The van der Waals surface area contributed by atoms with Crippen LogP contribution in [0.3, 0.4) is 0 Å². The fourth-order valence-electron chi connectivity index (χ4n) is 4.27. The molecule has 2 N–H and O–H groups in total.